The van der Waals surface area contributed by atoms with Gasteiger partial charge in [0.15, 0.2) is 0 Å². The van der Waals surface area contributed by atoms with Gasteiger partial charge in [0, 0.05) is 10.4 Å². The number of amides is 1. The molecule has 1 aliphatic heterocycles. The second kappa shape index (κ2) is 5.73. The molecule has 1 amide bonds. The first-order chi connectivity index (χ1) is 9.29. The Balaban J connectivity index is 2.18. The quantitative estimate of drug-likeness (QED) is 0.878. The molecule has 1 saturated heterocycles. The van der Waals surface area contributed by atoms with Gasteiger partial charge in [-0.2, -0.15) is 13.2 Å². The molecule has 1 unspecified atom stereocenters. The minimum Gasteiger partial charge on any atom is -0.325 e. The van der Waals surface area contributed by atoms with E-state index in [0.717, 1.165) is 19.2 Å². The Labute approximate surface area is 123 Å². The van der Waals surface area contributed by atoms with E-state index in [-0.39, 0.29) is 23.4 Å². The zero-order valence-corrected chi connectivity index (χ0v) is 12.3. The van der Waals surface area contributed by atoms with Crippen LogP contribution in [0.1, 0.15) is 12.5 Å². The van der Waals surface area contributed by atoms with Gasteiger partial charge in [-0.1, -0.05) is 22.9 Å². The average Bonchev–Trinajstić information content (AvgIpc) is 2.27. The Morgan fingerprint density at radius 2 is 2.10 bits per heavy atom. The van der Waals surface area contributed by atoms with Crippen molar-refractivity contribution in [3.63, 3.8) is 0 Å². The molecule has 0 aromatic heterocycles. The normalized spacial score (nSPS) is 17.4. The van der Waals surface area contributed by atoms with Gasteiger partial charge in [-0.05, 0) is 37.2 Å². The Kier molecular flexibility index (Phi) is 4.39. The Morgan fingerprint density at radius 1 is 1.45 bits per heavy atom. The summed E-state index contributed by atoms with van der Waals surface area (Å²) in [4.78, 5) is 12.0. The van der Waals surface area contributed by atoms with Crippen LogP contribution in [-0.4, -0.2) is 19.0 Å². The van der Waals surface area contributed by atoms with Gasteiger partial charge in [0.2, 0.25) is 5.91 Å². The largest absolute Gasteiger partial charge is 0.418 e. The molecular weight excluding hydrogens is 337 g/mol. The number of halogens is 4. The van der Waals surface area contributed by atoms with Crippen LogP contribution in [0.5, 0.6) is 0 Å². The minimum atomic E-state index is -4.51. The number of hydrogen-bond acceptors (Lipinski definition) is 2. The fraction of sp³-hybridized carbons (Fsp3) is 0.462. The maximum absolute atomic E-state index is 12.9. The van der Waals surface area contributed by atoms with Gasteiger partial charge >= 0.3 is 6.18 Å². The van der Waals surface area contributed by atoms with Crippen LogP contribution in [0.3, 0.4) is 0 Å². The number of rotatable bonds is 3. The van der Waals surface area contributed by atoms with Crippen LogP contribution in [0.4, 0.5) is 18.9 Å². The van der Waals surface area contributed by atoms with Gasteiger partial charge < -0.3 is 10.6 Å². The summed E-state index contributed by atoms with van der Waals surface area (Å²) in [7, 11) is 0. The maximum atomic E-state index is 12.9. The van der Waals surface area contributed by atoms with Gasteiger partial charge in [-0.3, -0.25) is 4.79 Å². The predicted molar refractivity (Wildman–Crippen MR) is 73.3 cm³/mol. The van der Waals surface area contributed by atoms with E-state index < -0.39 is 11.7 Å². The second-order valence-electron chi connectivity index (χ2n) is 4.88. The number of anilines is 1. The van der Waals surface area contributed by atoms with E-state index in [1.165, 1.54) is 12.1 Å². The lowest BCUT2D eigenvalue weighted by Crippen LogP contribution is -2.48. The van der Waals surface area contributed by atoms with Gasteiger partial charge in [-0.25, -0.2) is 0 Å². The average molecular weight is 351 g/mol. The molecule has 1 heterocycles. The number of hydrogen-bond donors (Lipinski definition) is 2. The molecule has 110 valence electrons. The zero-order chi connectivity index (χ0) is 14.9. The van der Waals surface area contributed by atoms with Crippen LogP contribution in [0.25, 0.3) is 0 Å². The second-order valence-corrected chi connectivity index (χ2v) is 5.80. The Bertz CT molecular complexity index is 515. The van der Waals surface area contributed by atoms with Crippen molar-refractivity contribution < 1.29 is 18.0 Å². The molecule has 0 bridgehead atoms. The van der Waals surface area contributed by atoms with Gasteiger partial charge in [0.1, 0.15) is 0 Å². The van der Waals surface area contributed by atoms with Crippen LogP contribution in [-0.2, 0) is 11.0 Å². The fourth-order valence-electron chi connectivity index (χ4n) is 1.99. The number of alkyl halides is 3. The highest BCUT2D eigenvalue weighted by molar-refractivity contribution is 9.10. The molecule has 1 aliphatic rings. The first-order valence-corrected chi connectivity index (χ1v) is 6.96. The highest BCUT2D eigenvalue weighted by Crippen LogP contribution is 2.36. The van der Waals surface area contributed by atoms with Crippen molar-refractivity contribution in [2.75, 3.05) is 18.4 Å². The third-order valence-corrected chi connectivity index (χ3v) is 3.97. The highest BCUT2D eigenvalue weighted by Gasteiger charge is 2.35. The van der Waals surface area contributed by atoms with E-state index in [1.807, 2.05) is 0 Å². The van der Waals surface area contributed by atoms with E-state index in [4.69, 9.17) is 0 Å². The molecule has 2 N–H and O–H groups in total. The van der Waals surface area contributed by atoms with E-state index in [2.05, 4.69) is 26.6 Å². The van der Waals surface area contributed by atoms with Crippen LogP contribution < -0.4 is 10.6 Å². The van der Waals surface area contributed by atoms with Crippen LogP contribution in [0.15, 0.2) is 22.7 Å². The molecule has 7 heteroatoms. The lowest BCUT2D eigenvalue weighted by atomic mass is 9.88. The summed E-state index contributed by atoms with van der Waals surface area (Å²) in [5, 5.41) is 5.42. The van der Waals surface area contributed by atoms with Gasteiger partial charge in [-0.15, -0.1) is 0 Å². The number of carbonyl (C=O) groups excluding carboxylic acids is 1. The van der Waals surface area contributed by atoms with Crippen molar-refractivity contribution >= 4 is 27.5 Å². The van der Waals surface area contributed by atoms with E-state index >= 15 is 0 Å². The summed E-state index contributed by atoms with van der Waals surface area (Å²) < 4.78 is 39.1. The summed E-state index contributed by atoms with van der Waals surface area (Å²) in [6, 6.07) is 3.70. The first kappa shape index (κ1) is 15.3. The Hall–Kier alpha value is -1.08. The molecular formula is C13H14BrF3N2O. The molecule has 1 aromatic carbocycles. The van der Waals surface area contributed by atoms with Crippen LogP contribution in [0, 0.1) is 11.8 Å². The first-order valence-electron chi connectivity index (χ1n) is 6.17. The fourth-order valence-corrected chi connectivity index (χ4v) is 2.35. The summed E-state index contributed by atoms with van der Waals surface area (Å²) in [5.74, 6) is -0.523. The van der Waals surface area contributed by atoms with Gasteiger partial charge in [0.25, 0.3) is 0 Å². The van der Waals surface area contributed by atoms with E-state index in [9.17, 15) is 18.0 Å². The van der Waals surface area contributed by atoms with Crippen LogP contribution in [0.2, 0.25) is 0 Å². The predicted octanol–water partition coefficient (Wildman–Crippen LogP) is 3.26. The molecule has 2 rings (SSSR count). The lowest BCUT2D eigenvalue weighted by molar-refractivity contribution is -0.137. The van der Waals surface area contributed by atoms with Crippen molar-refractivity contribution in [1.29, 1.82) is 0 Å². The molecule has 1 aromatic rings. The zero-order valence-electron chi connectivity index (χ0n) is 10.7. The molecule has 0 saturated carbocycles. The SMILES string of the molecule is CC(C(=O)Nc1ccc(Br)cc1C(F)(F)F)C1CNC1. The monoisotopic (exact) mass is 350 g/mol. The summed E-state index contributed by atoms with van der Waals surface area (Å²) in [5.41, 5.74) is -1.05. The van der Waals surface area contributed by atoms with E-state index in [0.29, 0.717) is 4.47 Å². The third-order valence-electron chi connectivity index (χ3n) is 3.48. The lowest BCUT2D eigenvalue weighted by Gasteiger charge is -2.31. The van der Waals surface area contributed by atoms with Crippen molar-refractivity contribution in [1.82, 2.24) is 5.32 Å². The summed E-state index contributed by atoms with van der Waals surface area (Å²) >= 11 is 3.01. The minimum absolute atomic E-state index is 0.180. The Morgan fingerprint density at radius 3 is 2.60 bits per heavy atom. The van der Waals surface area contributed by atoms with Crippen molar-refractivity contribution in [2.24, 2.45) is 11.8 Å². The topological polar surface area (TPSA) is 41.1 Å². The standard InChI is InChI=1S/C13H14BrF3N2O/c1-7(8-5-18-6-8)12(20)19-11-3-2-9(14)4-10(11)13(15,16)17/h2-4,7-8,18H,5-6H2,1H3,(H,19,20). The summed E-state index contributed by atoms with van der Waals surface area (Å²) in [6.07, 6.45) is -4.51. The number of benzene rings is 1. The maximum Gasteiger partial charge on any atom is 0.418 e. The molecule has 0 radical (unpaired) electrons. The smallest absolute Gasteiger partial charge is 0.325 e. The molecule has 0 aliphatic carbocycles. The van der Waals surface area contributed by atoms with Crippen molar-refractivity contribution in [2.45, 2.75) is 13.1 Å². The summed E-state index contributed by atoms with van der Waals surface area (Å²) in [6.45, 7) is 3.18. The molecule has 3 nitrogen and oxygen atoms in total. The molecule has 1 fully saturated rings. The van der Waals surface area contributed by atoms with Crippen LogP contribution >= 0.6 is 15.9 Å². The number of nitrogens with one attached hydrogen (secondary N) is 2. The van der Waals surface area contributed by atoms with Gasteiger partial charge in [0.05, 0.1) is 11.3 Å². The third kappa shape index (κ3) is 3.32. The molecule has 1 atom stereocenters. The molecule has 0 spiro atoms. The van der Waals surface area contributed by atoms with Crippen molar-refractivity contribution in [3.8, 4) is 0 Å². The highest BCUT2D eigenvalue weighted by atomic mass is 79.9. The van der Waals surface area contributed by atoms with E-state index in [1.54, 1.807) is 6.92 Å². The van der Waals surface area contributed by atoms with Crippen molar-refractivity contribution in [3.05, 3.63) is 28.2 Å². The molecule has 20 heavy (non-hydrogen) atoms. The number of carbonyl (C=O) groups is 1.